The summed E-state index contributed by atoms with van der Waals surface area (Å²) in [6.07, 6.45) is 19.7. The highest BCUT2D eigenvalue weighted by atomic mass is 35.5. The molecular weight excluding hydrogens is 308 g/mol. The standard InChI is InChI=1S/C20H39ClO2/c1-2-3-4-5-6-7-8-9-10-11-12-13-16-19-23-20(22)17-14-15-18-21/h2-19H2,1H3. The van der Waals surface area contributed by atoms with Crippen LogP contribution in [-0.4, -0.2) is 18.5 Å². The molecule has 0 fully saturated rings. The first-order valence-corrected chi connectivity index (χ1v) is 10.6. The van der Waals surface area contributed by atoms with Gasteiger partial charge in [-0.2, -0.15) is 0 Å². The lowest BCUT2D eigenvalue weighted by atomic mass is 10.0. The summed E-state index contributed by atoms with van der Waals surface area (Å²) in [5.41, 5.74) is 0. The van der Waals surface area contributed by atoms with Crippen LogP contribution in [0.3, 0.4) is 0 Å². The molecule has 0 unspecified atom stereocenters. The maximum Gasteiger partial charge on any atom is 0.305 e. The number of esters is 1. The Kier molecular flexibility index (Phi) is 19.6. The van der Waals surface area contributed by atoms with Crippen molar-refractivity contribution in [3.05, 3.63) is 0 Å². The molecule has 0 saturated carbocycles. The lowest BCUT2D eigenvalue weighted by Crippen LogP contribution is -2.05. The average Bonchev–Trinajstić information content (AvgIpc) is 2.55. The monoisotopic (exact) mass is 346 g/mol. The highest BCUT2D eigenvalue weighted by molar-refractivity contribution is 6.17. The number of ether oxygens (including phenoxy) is 1. The van der Waals surface area contributed by atoms with E-state index < -0.39 is 0 Å². The molecule has 0 spiro atoms. The number of halogens is 1. The number of hydrogen-bond donors (Lipinski definition) is 0. The maximum absolute atomic E-state index is 11.4. The van der Waals surface area contributed by atoms with Gasteiger partial charge in [-0.05, 0) is 19.3 Å². The molecular formula is C20H39ClO2. The predicted molar refractivity (Wildman–Crippen MR) is 101 cm³/mol. The van der Waals surface area contributed by atoms with Gasteiger partial charge in [-0.3, -0.25) is 4.79 Å². The van der Waals surface area contributed by atoms with E-state index in [4.69, 9.17) is 16.3 Å². The minimum atomic E-state index is -0.0611. The van der Waals surface area contributed by atoms with Crippen LogP contribution in [0, 0.1) is 0 Å². The van der Waals surface area contributed by atoms with E-state index in [1.54, 1.807) is 0 Å². The van der Waals surface area contributed by atoms with E-state index in [-0.39, 0.29) is 5.97 Å². The second-order valence-electron chi connectivity index (χ2n) is 6.61. The third kappa shape index (κ3) is 19.7. The van der Waals surface area contributed by atoms with Crippen molar-refractivity contribution in [1.82, 2.24) is 0 Å². The fraction of sp³-hybridized carbons (Fsp3) is 0.950. The van der Waals surface area contributed by atoms with Gasteiger partial charge in [0, 0.05) is 12.3 Å². The number of rotatable bonds is 18. The minimum absolute atomic E-state index is 0.0611. The molecule has 0 aliphatic heterocycles. The molecule has 0 aliphatic carbocycles. The van der Waals surface area contributed by atoms with Crippen LogP contribution in [-0.2, 0) is 9.53 Å². The Bertz CT molecular complexity index is 244. The second-order valence-corrected chi connectivity index (χ2v) is 6.99. The molecule has 0 rings (SSSR count). The smallest absolute Gasteiger partial charge is 0.305 e. The van der Waals surface area contributed by atoms with Crippen molar-refractivity contribution in [2.45, 2.75) is 110 Å². The molecule has 0 radical (unpaired) electrons. The number of hydrogen-bond acceptors (Lipinski definition) is 2. The Morgan fingerprint density at radius 3 is 1.65 bits per heavy atom. The van der Waals surface area contributed by atoms with Gasteiger partial charge in [-0.15, -0.1) is 11.6 Å². The largest absolute Gasteiger partial charge is 0.466 e. The average molecular weight is 347 g/mol. The molecule has 0 aromatic heterocycles. The topological polar surface area (TPSA) is 26.3 Å². The van der Waals surface area contributed by atoms with Crippen LogP contribution in [0.2, 0.25) is 0 Å². The molecule has 0 aromatic rings. The van der Waals surface area contributed by atoms with E-state index in [1.807, 2.05) is 0 Å². The van der Waals surface area contributed by atoms with Gasteiger partial charge in [0.25, 0.3) is 0 Å². The zero-order valence-corrected chi connectivity index (χ0v) is 16.2. The summed E-state index contributed by atoms with van der Waals surface area (Å²) >= 11 is 5.57. The van der Waals surface area contributed by atoms with Crippen LogP contribution in [0.5, 0.6) is 0 Å². The number of unbranched alkanes of at least 4 members (excludes halogenated alkanes) is 13. The summed E-state index contributed by atoms with van der Waals surface area (Å²) < 4.78 is 5.21. The summed E-state index contributed by atoms with van der Waals surface area (Å²) in [5, 5.41) is 0. The van der Waals surface area contributed by atoms with Gasteiger partial charge in [0.2, 0.25) is 0 Å². The van der Waals surface area contributed by atoms with Crippen molar-refractivity contribution >= 4 is 17.6 Å². The Labute approximate surface area is 149 Å². The lowest BCUT2D eigenvalue weighted by Gasteiger charge is -2.05. The highest BCUT2D eigenvalue weighted by Gasteiger charge is 2.01. The first-order chi connectivity index (χ1) is 11.3. The fourth-order valence-corrected chi connectivity index (χ4v) is 2.93. The lowest BCUT2D eigenvalue weighted by molar-refractivity contribution is -0.143. The molecule has 23 heavy (non-hydrogen) atoms. The zero-order valence-electron chi connectivity index (χ0n) is 15.4. The van der Waals surface area contributed by atoms with Crippen LogP contribution < -0.4 is 0 Å². The van der Waals surface area contributed by atoms with Crippen LogP contribution >= 0.6 is 11.6 Å². The number of carbonyl (C=O) groups is 1. The van der Waals surface area contributed by atoms with Gasteiger partial charge in [-0.25, -0.2) is 0 Å². The number of alkyl halides is 1. The molecule has 0 aromatic carbocycles. The third-order valence-corrected chi connectivity index (χ3v) is 4.54. The fourth-order valence-electron chi connectivity index (χ4n) is 2.74. The van der Waals surface area contributed by atoms with E-state index >= 15 is 0 Å². The van der Waals surface area contributed by atoms with Crippen LogP contribution in [0.1, 0.15) is 110 Å². The minimum Gasteiger partial charge on any atom is -0.466 e. The van der Waals surface area contributed by atoms with E-state index in [0.717, 1.165) is 19.3 Å². The molecule has 0 N–H and O–H groups in total. The van der Waals surface area contributed by atoms with Crippen LogP contribution in [0.25, 0.3) is 0 Å². The van der Waals surface area contributed by atoms with Crippen molar-refractivity contribution in [2.75, 3.05) is 12.5 Å². The van der Waals surface area contributed by atoms with Gasteiger partial charge in [0.05, 0.1) is 6.61 Å². The third-order valence-electron chi connectivity index (χ3n) is 4.28. The summed E-state index contributed by atoms with van der Waals surface area (Å²) in [5.74, 6) is 0.570. The molecule has 0 saturated heterocycles. The van der Waals surface area contributed by atoms with Crippen molar-refractivity contribution in [2.24, 2.45) is 0 Å². The van der Waals surface area contributed by atoms with E-state index in [1.165, 1.54) is 77.0 Å². The van der Waals surface area contributed by atoms with Gasteiger partial charge in [-0.1, -0.05) is 84.0 Å². The molecule has 0 aliphatic rings. The molecule has 138 valence electrons. The zero-order chi connectivity index (χ0) is 17.0. The van der Waals surface area contributed by atoms with Crippen molar-refractivity contribution in [3.63, 3.8) is 0 Å². The Hall–Kier alpha value is -0.240. The predicted octanol–water partition coefficient (Wildman–Crippen LogP) is 7.03. The maximum atomic E-state index is 11.4. The SMILES string of the molecule is CCCCCCCCCCCCCCCOC(=O)CCCCCl. The summed E-state index contributed by atoms with van der Waals surface area (Å²) in [4.78, 5) is 11.4. The summed E-state index contributed by atoms with van der Waals surface area (Å²) in [6.45, 7) is 2.87. The van der Waals surface area contributed by atoms with Gasteiger partial charge in [0.15, 0.2) is 0 Å². The summed E-state index contributed by atoms with van der Waals surface area (Å²) in [7, 11) is 0. The molecule has 0 bridgehead atoms. The Balaban J connectivity index is 3.06. The van der Waals surface area contributed by atoms with E-state index in [2.05, 4.69) is 6.92 Å². The normalized spacial score (nSPS) is 10.9. The Morgan fingerprint density at radius 1 is 0.696 bits per heavy atom. The highest BCUT2D eigenvalue weighted by Crippen LogP contribution is 2.12. The number of carbonyl (C=O) groups excluding carboxylic acids is 1. The Morgan fingerprint density at radius 2 is 1.17 bits per heavy atom. The van der Waals surface area contributed by atoms with Crippen molar-refractivity contribution < 1.29 is 9.53 Å². The van der Waals surface area contributed by atoms with Gasteiger partial charge in [0.1, 0.15) is 0 Å². The second kappa shape index (κ2) is 19.8. The van der Waals surface area contributed by atoms with E-state index in [9.17, 15) is 4.79 Å². The molecule has 0 atom stereocenters. The molecule has 2 nitrogen and oxygen atoms in total. The van der Waals surface area contributed by atoms with Gasteiger partial charge >= 0.3 is 5.97 Å². The van der Waals surface area contributed by atoms with Crippen molar-refractivity contribution in [1.29, 1.82) is 0 Å². The molecule has 0 heterocycles. The quantitative estimate of drug-likeness (QED) is 0.151. The van der Waals surface area contributed by atoms with Crippen LogP contribution in [0.4, 0.5) is 0 Å². The van der Waals surface area contributed by atoms with Crippen LogP contribution in [0.15, 0.2) is 0 Å². The molecule has 0 amide bonds. The van der Waals surface area contributed by atoms with E-state index in [0.29, 0.717) is 18.9 Å². The van der Waals surface area contributed by atoms with Gasteiger partial charge < -0.3 is 4.74 Å². The van der Waals surface area contributed by atoms with Crippen molar-refractivity contribution in [3.8, 4) is 0 Å². The summed E-state index contributed by atoms with van der Waals surface area (Å²) in [6, 6.07) is 0. The first kappa shape index (κ1) is 22.8. The first-order valence-electron chi connectivity index (χ1n) is 10.0. The molecule has 3 heteroatoms.